The van der Waals surface area contributed by atoms with E-state index in [1.165, 1.54) is 6.07 Å². The Hall–Kier alpha value is -2.43. The summed E-state index contributed by atoms with van der Waals surface area (Å²) in [5, 5.41) is 5.87. The fourth-order valence-corrected chi connectivity index (χ4v) is 2.38. The molecule has 108 valence electrons. The van der Waals surface area contributed by atoms with E-state index < -0.39 is 11.6 Å². The van der Waals surface area contributed by atoms with Gasteiger partial charge in [-0.2, -0.15) is 0 Å². The van der Waals surface area contributed by atoms with Crippen molar-refractivity contribution in [1.82, 2.24) is 0 Å². The van der Waals surface area contributed by atoms with Gasteiger partial charge < -0.3 is 10.6 Å². The number of carbonyl (C=O) groups is 1. The van der Waals surface area contributed by atoms with E-state index in [1.807, 2.05) is 18.2 Å². The highest BCUT2D eigenvalue weighted by atomic mass is 19.2. The number of amides is 1. The summed E-state index contributed by atoms with van der Waals surface area (Å²) < 4.78 is 26.7. The molecule has 0 bridgehead atoms. The molecule has 2 aromatic carbocycles. The van der Waals surface area contributed by atoms with Crippen LogP contribution >= 0.6 is 0 Å². The molecule has 1 amide bonds. The molecule has 0 saturated carbocycles. The lowest BCUT2D eigenvalue weighted by molar-refractivity contribution is -0.116. The third-order valence-electron chi connectivity index (χ3n) is 3.52. The molecule has 3 nitrogen and oxygen atoms in total. The third kappa shape index (κ3) is 2.86. The summed E-state index contributed by atoms with van der Waals surface area (Å²) in [6.45, 7) is 0.203. The normalized spacial score (nSPS) is 13.5. The quantitative estimate of drug-likeness (QED) is 0.908. The number of nitrogens with one attached hydrogen (secondary N) is 2. The van der Waals surface area contributed by atoms with Crippen molar-refractivity contribution in [3.8, 4) is 0 Å². The summed E-state index contributed by atoms with van der Waals surface area (Å²) >= 11 is 0. The van der Waals surface area contributed by atoms with Crippen LogP contribution in [0.4, 0.5) is 20.2 Å². The van der Waals surface area contributed by atoms with Crippen LogP contribution < -0.4 is 10.6 Å². The Morgan fingerprint density at radius 3 is 2.86 bits per heavy atom. The van der Waals surface area contributed by atoms with Crippen molar-refractivity contribution in [3.63, 3.8) is 0 Å². The van der Waals surface area contributed by atoms with E-state index in [1.54, 1.807) is 6.07 Å². The Labute approximate surface area is 121 Å². The largest absolute Gasteiger partial charge is 0.381 e. The van der Waals surface area contributed by atoms with Gasteiger partial charge in [-0.25, -0.2) is 8.78 Å². The van der Waals surface area contributed by atoms with E-state index in [0.717, 1.165) is 23.0 Å². The van der Waals surface area contributed by atoms with Crippen LogP contribution in [0, 0.1) is 11.6 Å². The number of halogens is 2. The monoisotopic (exact) mass is 288 g/mol. The summed E-state index contributed by atoms with van der Waals surface area (Å²) in [5.41, 5.74) is 2.95. The highest BCUT2D eigenvalue weighted by Gasteiger charge is 2.14. The Morgan fingerprint density at radius 2 is 2.00 bits per heavy atom. The first kappa shape index (κ1) is 13.5. The Bertz CT molecular complexity index is 701. The van der Waals surface area contributed by atoms with Gasteiger partial charge in [0.2, 0.25) is 5.91 Å². The highest BCUT2D eigenvalue weighted by molar-refractivity contribution is 5.94. The van der Waals surface area contributed by atoms with Crippen LogP contribution in [0.1, 0.15) is 17.5 Å². The minimum atomic E-state index is -0.845. The number of hydrogen-bond donors (Lipinski definition) is 2. The summed E-state index contributed by atoms with van der Waals surface area (Å²) in [4.78, 5) is 11.3. The Balaban J connectivity index is 1.74. The van der Waals surface area contributed by atoms with Crippen molar-refractivity contribution < 1.29 is 13.6 Å². The van der Waals surface area contributed by atoms with Crippen LogP contribution in [0.15, 0.2) is 36.4 Å². The zero-order chi connectivity index (χ0) is 14.8. The minimum Gasteiger partial charge on any atom is -0.381 e. The van der Waals surface area contributed by atoms with Crippen molar-refractivity contribution in [2.45, 2.75) is 19.4 Å². The number of hydrogen-bond acceptors (Lipinski definition) is 2. The molecule has 1 aliphatic rings. The summed E-state index contributed by atoms with van der Waals surface area (Å²) in [7, 11) is 0. The van der Waals surface area contributed by atoms with Crippen LogP contribution in [0.5, 0.6) is 0 Å². The van der Waals surface area contributed by atoms with Crippen molar-refractivity contribution in [3.05, 3.63) is 59.2 Å². The van der Waals surface area contributed by atoms with Crippen molar-refractivity contribution >= 4 is 17.3 Å². The SMILES string of the molecule is O=C1CCc2cc(NCc3cccc(F)c3F)ccc2N1. The van der Waals surface area contributed by atoms with Gasteiger partial charge in [-0.15, -0.1) is 0 Å². The van der Waals surface area contributed by atoms with E-state index in [2.05, 4.69) is 10.6 Å². The molecule has 0 saturated heterocycles. The molecule has 0 atom stereocenters. The highest BCUT2D eigenvalue weighted by Crippen LogP contribution is 2.26. The van der Waals surface area contributed by atoms with Crippen LogP contribution in [-0.2, 0) is 17.8 Å². The predicted molar refractivity (Wildman–Crippen MR) is 77.1 cm³/mol. The van der Waals surface area contributed by atoms with E-state index >= 15 is 0 Å². The first-order valence-electron chi connectivity index (χ1n) is 6.73. The maximum atomic E-state index is 13.6. The van der Waals surface area contributed by atoms with Gasteiger partial charge in [0, 0.05) is 29.9 Å². The summed E-state index contributed by atoms with van der Waals surface area (Å²) in [5.74, 6) is -1.65. The Morgan fingerprint density at radius 1 is 1.14 bits per heavy atom. The molecule has 0 spiro atoms. The molecule has 0 aromatic heterocycles. The number of benzene rings is 2. The average Bonchev–Trinajstić information content (AvgIpc) is 2.49. The van der Waals surface area contributed by atoms with Crippen LogP contribution in [0.2, 0.25) is 0 Å². The molecule has 3 rings (SSSR count). The fraction of sp³-hybridized carbons (Fsp3) is 0.188. The number of aryl methyl sites for hydroxylation is 1. The number of fused-ring (bicyclic) bond motifs is 1. The minimum absolute atomic E-state index is 0.0186. The van der Waals surface area contributed by atoms with Crippen LogP contribution in [0.25, 0.3) is 0 Å². The van der Waals surface area contributed by atoms with Crippen molar-refractivity contribution in [1.29, 1.82) is 0 Å². The van der Waals surface area contributed by atoms with Crippen LogP contribution in [0.3, 0.4) is 0 Å². The molecule has 1 heterocycles. The van der Waals surface area contributed by atoms with Gasteiger partial charge in [0.15, 0.2) is 11.6 Å². The topological polar surface area (TPSA) is 41.1 Å². The van der Waals surface area contributed by atoms with Crippen molar-refractivity contribution in [2.24, 2.45) is 0 Å². The molecule has 0 unspecified atom stereocenters. The zero-order valence-electron chi connectivity index (χ0n) is 11.2. The molecular formula is C16H14F2N2O. The third-order valence-corrected chi connectivity index (χ3v) is 3.52. The van der Waals surface area contributed by atoms with Gasteiger partial charge in [-0.3, -0.25) is 4.79 Å². The van der Waals surface area contributed by atoms with E-state index in [-0.39, 0.29) is 18.0 Å². The van der Waals surface area contributed by atoms with E-state index in [0.29, 0.717) is 12.8 Å². The predicted octanol–water partition coefficient (Wildman–Crippen LogP) is 3.46. The molecule has 5 heteroatoms. The summed E-state index contributed by atoms with van der Waals surface area (Å²) in [6, 6.07) is 9.67. The first-order valence-corrected chi connectivity index (χ1v) is 6.73. The smallest absolute Gasteiger partial charge is 0.224 e. The van der Waals surface area contributed by atoms with Gasteiger partial charge >= 0.3 is 0 Å². The Kier molecular flexibility index (Phi) is 3.56. The van der Waals surface area contributed by atoms with Gasteiger partial charge in [0.05, 0.1) is 0 Å². The second-order valence-corrected chi connectivity index (χ2v) is 4.99. The molecule has 21 heavy (non-hydrogen) atoms. The lowest BCUT2D eigenvalue weighted by atomic mass is 10.0. The standard InChI is InChI=1S/C16H14F2N2O/c17-13-3-1-2-11(16(13)18)9-19-12-5-6-14-10(8-12)4-7-15(21)20-14/h1-3,5-6,8,19H,4,7,9H2,(H,20,21). The molecule has 0 radical (unpaired) electrons. The van der Waals surface area contributed by atoms with E-state index in [9.17, 15) is 13.6 Å². The molecular weight excluding hydrogens is 274 g/mol. The second-order valence-electron chi connectivity index (χ2n) is 4.99. The summed E-state index contributed by atoms with van der Waals surface area (Å²) in [6.07, 6.45) is 1.15. The zero-order valence-corrected chi connectivity index (χ0v) is 11.2. The lowest BCUT2D eigenvalue weighted by Gasteiger charge is -2.18. The first-order chi connectivity index (χ1) is 10.1. The molecule has 0 fully saturated rings. The maximum Gasteiger partial charge on any atom is 0.224 e. The molecule has 2 N–H and O–H groups in total. The number of carbonyl (C=O) groups excluding carboxylic acids is 1. The maximum absolute atomic E-state index is 13.6. The second kappa shape index (κ2) is 5.52. The van der Waals surface area contributed by atoms with Crippen molar-refractivity contribution in [2.75, 3.05) is 10.6 Å². The molecule has 2 aromatic rings. The number of rotatable bonds is 3. The van der Waals surface area contributed by atoms with Gasteiger partial charge in [-0.1, -0.05) is 12.1 Å². The fourth-order valence-electron chi connectivity index (χ4n) is 2.38. The van der Waals surface area contributed by atoms with Gasteiger partial charge in [0.25, 0.3) is 0 Å². The number of anilines is 2. The van der Waals surface area contributed by atoms with E-state index in [4.69, 9.17) is 0 Å². The van der Waals surface area contributed by atoms with Gasteiger partial charge in [0.1, 0.15) is 0 Å². The molecule has 0 aliphatic carbocycles. The lowest BCUT2D eigenvalue weighted by Crippen LogP contribution is -2.19. The van der Waals surface area contributed by atoms with Crippen LogP contribution in [-0.4, -0.2) is 5.91 Å². The average molecular weight is 288 g/mol. The molecule has 1 aliphatic heterocycles. The van der Waals surface area contributed by atoms with Gasteiger partial charge in [-0.05, 0) is 36.2 Å².